The zero-order valence-electron chi connectivity index (χ0n) is 10.8. The van der Waals surface area contributed by atoms with E-state index in [2.05, 4.69) is 30.3 Å². The average molecular weight is 259 g/mol. The molecule has 0 aliphatic carbocycles. The van der Waals surface area contributed by atoms with Gasteiger partial charge in [-0.2, -0.15) is 0 Å². The maximum atomic E-state index is 5.91. The highest BCUT2D eigenvalue weighted by molar-refractivity contribution is 6.05. The van der Waals surface area contributed by atoms with E-state index in [0.717, 1.165) is 38.8 Å². The number of rotatable bonds is 1. The maximum absolute atomic E-state index is 5.91. The fourth-order valence-corrected chi connectivity index (χ4v) is 2.62. The Morgan fingerprint density at radius 1 is 0.650 bits per heavy atom. The topological polar surface area (TPSA) is 39.2 Å². The number of benzene rings is 3. The molecule has 0 aliphatic heterocycles. The lowest BCUT2D eigenvalue weighted by molar-refractivity contribution is 0.669. The van der Waals surface area contributed by atoms with Gasteiger partial charge in [-0.25, -0.2) is 0 Å². The van der Waals surface area contributed by atoms with Gasteiger partial charge in [-0.3, -0.25) is 0 Å². The summed E-state index contributed by atoms with van der Waals surface area (Å²) in [7, 11) is 0. The van der Waals surface area contributed by atoms with Gasteiger partial charge in [-0.05, 0) is 41.5 Å². The van der Waals surface area contributed by atoms with Crippen LogP contribution in [0.25, 0.3) is 33.1 Å². The summed E-state index contributed by atoms with van der Waals surface area (Å²) >= 11 is 0. The molecule has 0 spiro atoms. The van der Waals surface area contributed by atoms with Gasteiger partial charge >= 0.3 is 0 Å². The predicted octanol–water partition coefficient (Wildman–Crippen LogP) is 4.84. The van der Waals surface area contributed by atoms with Crippen LogP contribution in [0.15, 0.2) is 71.1 Å². The molecule has 0 amide bonds. The number of furan rings is 1. The Labute approximate surface area is 116 Å². The lowest BCUT2D eigenvalue weighted by Crippen LogP contribution is -1.84. The van der Waals surface area contributed by atoms with E-state index >= 15 is 0 Å². The van der Waals surface area contributed by atoms with Gasteiger partial charge in [0.05, 0.1) is 0 Å². The third-order valence-corrected chi connectivity index (χ3v) is 3.60. The summed E-state index contributed by atoms with van der Waals surface area (Å²) in [5.74, 6) is 0. The molecule has 2 heteroatoms. The highest BCUT2D eigenvalue weighted by Crippen LogP contribution is 2.32. The molecule has 4 rings (SSSR count). The molecule has 0 radical (unpaired) electrons. The molecular weight excluding hydrogens is 246 g/mol. The van der Waals surface area contributed by atoms with Crippen LogP contribution in [0.1, 0.15) is 0 Å². The smallest absolute Gasteiger partial charge is 0.136 e. The van der Waals surface area contributed by atoms with Gasteiger partial charge in [-0.15, -0.1) is 0 Å². The van der Waals surface area contributed by atoms with Gasteiger partial charge in [-0.1, -0.05) is 36.4 Å². The van der Waals surface area contributed by atoms with Crippen molar-refractivity contribution in [1.82, 2.24) is 0 Å². The molecule has 0 atom stereocenters. The number of nitrogens with two attached hydrogens (primary N) is 1. The zero-order valence-corrected chi connectivity index (χ0v) is 10.8. The molecule has 1 heterocycles. The van der Waals surface area contributed by atoms with E-state index in [0.29, 0.717) is 0 Å². The minimum atomic E-state index is 0.771. The van der Waals surface area contributed by atoms with E-state index < -0.39 is 0 Å². The van der Waals surface area contributed by atoms with Crippen molar-refractivity contribution in [1.29, 1.82) is 0 Å². The molecule has 0 fully saturated rings. The van der Waals surface area contributed by atoms with Crippen molar-refractivity contribution in [3.05, 3.63) is 66.7 Å². The molecule has 2 nitrogen and oxygen atoms in total. The monoisotopic (exact) mass is 259 g/mol. The SMILES string of the molecule is Nc1cccc(-c2ccc3c(c2)oc2ccccc23)c1. The lowest BCUT2D eigenvalue weighted by atomic mass is 10.0. The van der Waals surface area contributed by atoms with Crippen molar-refractivity contribution in [2.45, 2.75) is 0 Å². The molecule has 0 saturated carbocycles. The first-order valence-electron chi connectivity index (χ1n) is 6.58. The van der Waals surface area contributed by atoms with Crippen molar-refractivity contribution in [3.63, 3.8) is 0 Å². The van der Waals surface area contributed by atoms with E-state index in [1.807, 2.05) is 36.4 Å². The highest BCUT2D eigenvalue weighted by atomic mass is 16.3. The second-order valence-corrected chi connectivity index (χ2v) is 4.93. The Bertz CT molecular complexity index is 921. The first-order chi connectivity index (χ1) is 9.81. The van der Waals surface area contributed by atoms with Gasteiger partial charge in [0.15, 0.2) is 0 Å². The van der Waals surface area contributed by atoms with Crippen molar-refractivity contribution in [2.75, 3.05) is 5.73 Å². The van der Waals surface area contributed by atoms with Gasteiger partial charge in [0, 0.05) is 16.5 Å². The van der Waals surface area contributed by atoms with E-state index in [9.17, 15) is 0 Å². The molecule has 0 bridgehead atoms. The molecule has 4 aromatic rings. The molecule has 3 aromatic carbocycles. The lowest BCUT2D eigenvalue weighted by Gasteiger charge is -2.02. The Morgan fingerprint density at radius 2 is 1.45 bits per heavy atom. The Balaban J connectivity index is 1.97. The van der Waals surface area contributed by atoms with Crippen molar-refractivity contribution < 1.29 is 4.42 Å². The minimum absolute atomic E-state index is 0.771. The Morgan fingerprint density at radius 3 is 2.35 bits per heavy atom. The highest BCUT2D eigenvalue weighted by Gasteiger charge is 2.07. The summed E-state index contributed by atoms with van der Waals surface area (Å²) in [6, 6.07) is 22.3. The van der Waals surface area contributed by atoms with Gasteiger partial charge in [0.2, 0.25) is 0 Å². The maximum Gasteiger partial charge on any atom is 0.136 e. The summed E-state index contributed by atoms with van der Waals surface area (Å²) in [6.45, 7) is 0. The van der Waals surface area contributed by atoms with Crippen LogP contribution in [-0.2, 0) is 0 Å². The number of para-hydroxylation sites is 1. The second-order valence-electron chi connectivity index (χ2n) is 4.93. The van der Waals surface area contributed by atoms with Gasteiger partial charge in [0.25, 0.3) is 0 Å². The number of hydrogen-bond donors (Lipinski definition) is 1. The normalized spacial score (nSPS) is 11.2. The molecular formula is C18H13NO. The summed E-state index contributed by atoms with van der Waals surface area (Å²) < 4.78 is 5.91. The molecule has 96 valence electrons. The van der Waals surface area contributed by atoms with Crippen LogP contribution < -0.4 is 5.73 Å². The largest absolute Gasteiger partial charge is 0.456 e. The van der Waals surface area contributed by atoms with Crippen LogP contribution in [0, 0.1) is 0 Å². The molecule has 2 N–H and O–H groups in total. The van der Waals surface area contributed by atoms with Crippen LogP contribution >= 0.6 is 0 Å². The van der Waals surface area contributed by atoms with Crippen LogP contribution in [0.3, 0.4) is 0 Å². The molecule has 0 unspecified atom stereocenters. The van der Waals surface area contributed by atoms with E-state index in [1.165, 1.54) is 0 Å². The second kappa shape index (κ2) is 4.14. The fraction of sp³-hybridized carbons (Fsp3) is 0. The summed E-state index contributed by atoms with van der Waals surface area (Å²) in [5.41, 5.74) is 10.7. The Kier molecular flexibility index (Phi) is 2.30. The van der Waals surface area contributed by atoms with Crippen LogP contribution in [-0.4, -0.2) is 0 Å². The number of fused-ring (bicyclic) bond motifs is 3. The van der Waals surface area contributed by atoms with Crippen molar-refractivity contribution in [2.24, 2.45) is 0 Å². The summed E-state index contributed by atoms with van der Waals surface area (Å²) in [6.07, 6.45) is 0. The van der Waals surface area contributed by atoms with E-state index in [-0.39, 0.29) is 0 Å². The van der Waals surface area contributed by atoms with Gasteiger partial charge < -0.3 is 10.2 Å². The predicted molar refractivity (Wildman–Crippen MR) is 83.6 cm³/mol. The van der Waals surface area contributed by atoms with E-state index in [1.54, 1.807) is 0 Å². The number of hydrogen-bond acceptors (Lipinski definition) is 2. The van der Waals surface area contributed by atoms with E-state index in [4.69, 9.17) is 10.2 Å². The van der Waals surface area contributed by atoms with Crippen LogP contribution in [0.4, 0.5) is 5.69 Å². The fourth-order valence-electron chi connectivity index (χ4n) is 2.62. The molecule has 0 saturated heterocycles. The molecule has 20 heavy (non-hydrogen) atoms. The first kappa shape index (κ1) is 11.1. The third-order valence-electron chi connectivity index (χ3n) is 3.60. The average Bonchev–Trinajstić information content (AvgIpc) is 2.85. The van der Waals surface area contributed by atoms with Crippen molar-refractivity contribution in [3.8, 4) is 11.1 Å². The Hall–Kier alpha value is -2.74. The first-order valence-corrected chi connectivity index (χ1v) is 6.58. The third kappa shape index (κ3) is 1.66. The number of anilines is 1. The van der Waals surface area contributed by atoms with Crippen LogP contribution in [0.5, 0.6) is 0 Å². The summed E-state index contributed by atoms with van der Waals surface area (Å²) in [4.78, 5) is 0. The van der Waals surface area contributed by atoms with Gasteiger partial charge in [0.1, 0.15) is 11.2 Å². The molecule has 0 aliphatic rings. The van der Waals surface area contributed by atoms with Crippen molar-refractivity contribution >= 4 is 27.6 Å². The molecule has 1 aromatic heterocycles. The zero-order chi connectivity index (χ0) is 13.5. The summed E-state index contributed by atoms with van der Waals surface area (Å²) in [5, 5.41) is 2.30. The number of nitrogen functional groups attached to an aromatic ring is 1. The minimum Gasteiger partial charge on any atom is -0.456 e. The van der Waals surface area contributed by atoms with Crippen LogP contribution in [0.2, 0.25) is 0 Å². The quantitative estimate of drug-likeness (QED) is 0.497. The standard InChI is InChI=1S/C18H13NO/c19-14-5-3-4-12(10-14)13-8-9-16-15-6-1-2-7-17(15)20-18(16)11-13/h1-11H,19H2.